The van der Waals surface area contributed by atoms with E-state index in [0.29, 0.717) is 0 Å². The van der Waals surface area contributed by atoms with Crippen molar-refractivity contribution in [2.45, 2.75) is 24.5 Å². The Morgan fingerprint density at radius 2 is 2.21 bits per heavy atom. The second-order valence-electron chi connectivity index (χ2n) is 4.12. The molecule has 0 aliphatic rings. The number of anilines is 1. The Morgan fingerprint density at radius 3 is 2.95 bits per heavy atom. The molecule has 0 bridgehead atoms. The molecule has 1 aromatic heterocycles. The van der Waals surface area contributed by atoms with E-state index in [-0.39, 0.29) is 0 Å². The van der Waals surface area contributed by atoms with Crippen molar-refractivity contribution in [3.05, 3.63) is 45.4 Å². The second kappa shape index (κ2) is 7.09. The van der Waals surface area contributed by atoms with Crippen LogP contribution in [-0.2, 0) is 5.75 Å². The Hall–Kier alpha value is -0.820. The van der Waals surface area contributed by atoms with Gasteiger partial charge >= 0.3 is 0 Å². The van der Waals surface area contributed by atoms with Crippen molar-refractivity contribution in [2.24, 2.45) is 0 Å². The van der Waals surface area contributed by atoms with E-state index in [1.165, 1.54) is 10.5 Å². The van der Waals surface area contributed by atoms with Gasteiger partial charge in [0, 0.05) is 17.6 Å². The minimum absolute atomic E-state index is 0.790. The highest BCUT2D eigenvalue weighted by Crippen LogP contribution is 2.23. The Balaban J connectivity index is 2.05. The second-order valence-corrected chi connectivity index (χ2v) is 6.33. The fourth-order valence-electron chi connectivity index (χ4n) is 1.62. The summed E-state index contributed by atoms with van der Waals surface area (Å²) in [5.41, 5.74) is 1.28. The number of hydrogen-bond acceptors (Lipinski definition) is 4. The van der Waals surface area contributed by atoms with Gasteiger partial charge in [-0.2, -0.15) is 0 Å². The lowest BCUT2D eigenvalue weighted by atomic mass is 10.2. The monoisotopic (exact) mass is 385 g/mol. The number of halogens is 1. The number of benzene rings is 1. The van der Waals surface area contributed by atoms with Gasteiger partial charge < -0.3 is 5.32 Å². The minimum atomic E-state index is 0.790. The molecule has 0 fully saturated rings. The highest BCUT2D eigenvalue weighted by atomic mass is 127. The van der Waals surface area contributed by atoms with E-state index in [2.05, 4.69) is 76.0 Å². The predicted octanol–water partition coefficient (Wildman–Crippen LogP) is 4.11. The molecule has 3 nitrogen and oxygen atoms in total. The van der Waals surface area contributed by atoms with Crippen molar-refractivity contribution in [3.8, 4) is 0 Å². The fraction of sp³-hybridized carbons (Fsp3) is 0.286. The summed E-state index contributed by atoms with van der Waals surface area (Å²) >= 11 is 4.02. The zero-order valence-electron chi connectivity index (χ0n) is 11.0. The third-order valence-electron chi connectivity index (χ3n) is 2.50. The number of aromatic nitrogens is 2. The lowest BCUT2D eigenvalue weighted by Crippen LogP contribution is -2.05. The molecular weight excluding hydrogens is 369 g/mol. The maximum Gasteiger partial charge on any atom is 0.143 e. The van der Waals surface area contributed by atoms with Crippen LogP contribution in [0.5, 0.6) is 0 Å². The van der Waals surface area contributed by atoms with E-state index in [0.717, 1.165) is 27.5 Å². The fourth-order valence-corrected chi connectivity index (χ4v) is 2.95. The minimum Gasteiger partial charge on any atom is -0.369 e. The van der Waals surface area contributed by atoms with Gasteiger partial charge in [-0.05, 0) is 48.6 Å². The summed E-state index contributed by atoms with van der Waals surface area (Å²) < 4.78 is 1.06. The first-order valence-electron chi connectivity index (χ1n) is 6.14. The molecule has 2 rings (SSSR count). The molecule has 0 unspecified atom stereocenters. The molecule has 100 valence electrons. The Labute approximate surface area is 131 Å². The molecule has 0 spiro atoms. The molecule has 2 aromatic rings. The van der Waals surface area contributed by atoms with Crippen LogP contribution in [0.2, 0.25) is 0 Å². The third kappa shape index (κ3) is 4.35. The van der Waals surface area contributed by atoms with Crippen LogP contribution in [0.25, 0.3) is 0 Å². The van der Waals surface area contributed by atoms with Crippen LogP contribution in [-0.4, -0.2) is 16.5 Å². The standard InChI is InChI=1S/C14H16IN3S/c1-3-16-14-12(15)8-17-13(18-14)9-19-11-6-4-5-10(2)7-11/h4-8H,3,9H2,1-2H3,(H,16,17,18). The molecule has 19 heavy (non-hydrogen) atoms. The first-order chi connectivity index (χ1) is 9.19. The smallest absolute Gasteiger partial charge is 0.143 e. The number of thioether (sulfide) groups is 1. The molecular formula is C14H16IN3S. The van der Waals surface area contributed by atoms with E-state index < -0.39 is 0 Å². The zero-order valence-corrected chi connectivity index (χ0v) is 14.0. The predicted molar refractivity (Wildman–Crippen MR) is 89.7 cm³/mol. The summed E-state index contributed by atoms with van der Waals surface area (Å²) in [5.74, 6) is 2.58. The first-order valence-corrected chi connectivity index (χ1v) is 8.20. The summed E-state index contributed by atoms with van der Waals surface area (Å²) in [6.45, 7) is 5.05. The van der Waals surface area contributed by atoms with E-state index >= 15 is 0 Å². The number of aryl methyl sites for hydroxylation is 1. The van der Waals surface area contributed by atoms with E-state index in [1.807, 2.05) is 6.20 Å². The summed E-state index contributed by atoms with van der Waals surface area (Å²) in [7, 11) is 0. The van der Waals surface area contributed by atoms with Gasteiger partial charge in [-0.1, -0.05) is 17.7 Å². The van der Waals surface area contributed by atoms with Crippen LogP contribution < -0.4 is 5.32 Å². The van der Waals surface area contributed by atoms with Crippen LogP contribution in [0.4, 0.5) is 5.82 Å². The van der Waals surface area contributed by atoms with Gasteiger partial charge in [0.1, 0.15) is 11.6 Å². The SMILES string of the molecule is CCNc1nc(CSc2cccc(C)c2)ncc1I. The molecule has 1 heterocycles. The number of nitrogens with one attached hydrogen (secondary N) is 1. The number of rotatable bonds is 5. The average Bonchev–Trinajstić information content (AvgIpc) is 2.40. The topological polar surface area (TPSA) is 37.8 Å². The van der Waals surface area contributed by atoms with E-state index in [9.17, 15) is 0 Å². The van der Waals surface area contributed by atoms with Crippen molar-refractivity contribution < 1.29 is 0 Å². The van der Waals surface area contributed by atoms with Crippen LogP contribution in [0.3, 0.4) is 0 Å². The van der Waals surface area contributed by atoms with Crippen LogP contribution >= 0.6 is 34.4 Å². The van der Waals surface area contributed by atoms with Crippen LogP contribution in [0, 0.1) is 10.5 Å². The highest BCUT2D eigenvalue weighted by molar-refractivity contribution is 14.1. The van der Waals surface area contributed by atoms with Gasteiger partial charge in [0.15, 0.2) is 0 Å². The van der Waals surface area contributed by atoms with Crippen molar-refractivity contribution in [3.63, 3.8) is 0 Å². The van der Waals surface area contributed by atoms with Crippen molar-refractivity contribution >= 4 is 40.2 Å². The molecule has 0 atom stereocenters. The van der Waals surface area contributed by atoms with Crippen LogP contribution in [0.15, 0.2) is 35.4 Å². The van der Waals surface area contributed by atoms with Gasteiger partial charge in [-0.15, -0.1) is 11.8 Å². The average molecular weight is 385 g/mol. The van der Waals surface area contributed by atoms with Gasteiger partial charge in [0.05, 0.1) is 9.32 Å². The van der Waals surface area contributed by atoms with Gasteiger partial charge in [0.2, 0.25) is 0 Å². The van der Waals surface area contributed by atoms with Gasteiger partial charge in [-0.25, -0.2) is 9.97 Å². The summed E-state index contributed by atoms with van der Waals surface area (Å²) in [6, 6.07) is 8.49. The van der Waals surface area contributed by atoms with Gasteiger partial charge in [0.25, 0.3) is 0 Å². The Kier molecular flexibility index (Phi) is 5.45. The molecule has 0 saturated heterocycles. The normalized spacial score (nSPS) is 10.5. The van der Waals surface area contributed by atoms with E-state index in [1.54, 1.807) is 11.8 Å². The third-order valence-corrected chi connectivity index (χ3v) is 4.27. The lowest BCUT2D eigenvalue weighted by molar-refractivity contribution is 1.01. The molecule has 0 aliphatic heterocycles. The lowest BCUT2D eigenvalue weighted by Gasteiger charge is -2.07. The van der Waals surface area contributed by atoms with Crippen LogP contribution in [0.1, 0.15) is 18.3 Å². The number of nitrogens with zero attached hydrogens (tertiary/aromatic N) is 2. The molecule has 1 aromatic carbocycles. The summed E-state index contributed by atoms with van der Waals surface area (Å²) in [5, 5.41) is 3.26. The first kappa shape index (κ1) is 14.6. The quantitative estimate of drug-likeness (QED) is 0.621. The largest absolute Gasteiger partial charge is 0.369 e. The molecule has 0 radical (unpaired) electrons. The maximum absolute atomic E-state index is 4.55. The zero-order chi connectivity index (χ0) is 13.7. The molecule has 5 heteroatoms. The molecule has 0 amide bonds. The van der Waals surface area contributed by atoms with E-state index in [4.69, 9.17) is 0 Å². The Bertz CT molecular complexity index is 560. The maximum atomic E-state index is 4.55. The number of hydrogen-bond donors (Lipinski definition) is 1. The van der Waals surface area contributed by atoms with Gasteiger partial charge in [-0.3, -0.25) is 0 Å². The van der Waals surface area contributed by atoms with Crippen molar-refractivity contribution in [2.75, 3.05) is 11.9 Å². The van der Waals surface area contributed by atoms with Crippen molar-refractivity contribution in [1.29, 1.82) is 0 Å². The summed E-state index contributed by atoms with van der Waals surface area (Å²) in [4.78, 5) is 10.2. The molecule has 0 aliphatic carbocycles. The Morgan fingerprint density at radius 1 is 1.37 bits per heavy atom. The molecule has 1 N–H and O–H groups in total. The highest BCUT2D eigenvalue weighted by Gasteiger charge is 2.05. The summed E-state index contributed by atoms with van der Waals surface area (Å²) in [6.07, 6.45) is 1.87. The van der Waals surface area contributed by atoms with Crippen molar-refractivity contribution in [1.82, 2.24) is 9.97 Å². The molecule has 0 saturated carbocycles.